The van der Waals surface area contributed by atoms with Crippen LogP contribution in [0.2, 0.25) is 10.0 Å². The second-order valence-corrected chi connectivity index (χ2v) is 8.93. The molecule has 0 amide bonds. The maximum atomic E-state index is 12.9. The van der Waals surface area contributed by atoms with E-state index in [1.807, 2.05) is 0 Å². The average molecular weight is 477 g/mol. The van der Waals surface area contributed by atoms with Crippen LogP contribution in [0.5, 0.6) is 17.4 Å². The molecule has 0 bridgehead atoms. The number of hydrogen-bond acceptors (Lipinski definition) is 7. The van der Waals surface area contributed by atoms with Gasteiger partial charge in [0.05, 0.1) is 21.0 Å². The maximum Gasteiger partial charge on any atom is 0.264 e. The highest BCUT2D eigenvalue weighted by atomic mass is 35.5. The molecule has 0 fully saturated rings. The summed E-state index contributed by atoms with van der Waals surface area (Å²) in [5.41, 5.74) is 6.84. The fourth-order valence-electron chi connectivity index (χ4n) is 2.65. The Morgan fingerprint density at radius 2 is 1.68 bits per heavy atom. The molecule has 4 rings (SSSR count). The van der Waals surface area contributed by atoms with Gasteiger partial charge in [-0.1, -0.05) is 23.2 Å². The average Bonchev–Trinajstić information content (AvgIpc) is 2.71. The molecule has 0 aliphatic heterocycles. The molecule has 158 valence electrons. The molecular weight excluding hydrogens is 463 g/mol. The number of hydrogen-bond donors (Lipinski definition) is 3. The Bertz CT molecular complexity index is 1400. The monoisotopic (exact) mass is 476 g/mol. The van der Waals surface area contributed by atoms with Crippen LogP contribution in [0, 0.1) is 0 Å². The van der Waals surface area contributed by atoms with Crippen LogP contribution in [0.4, 0.5) is 11.5 Å². The molecule has 4 aromatic rings. The molecule has 4 N–H and O–H groups in total. The first kappa shape index (κ1) is 21.0. The van der Waals surface area contributed by atoms with E-state index in [9.17, 15) is 13.5 Å². The normalized spacial score (nSPS) is 11.4. The zero-order chi connectivity index (χ0) is 22.2. The van der Waals surface area contributed by atoms with Gasteiger partial charge in [-0.05, 0) is 54.6 Å². The fourth-order valence-corrected chi connectivity index (χ4v) is 3.93. The number of nitrogen functional groups attached to an aromatic ring is 1. The molecule has 0 aliphatic carbocycles. The number of benzene rings is 3. The number of phenols is 1. The van der Waals surface area contributed by atoms with Crippen molar-refractivity contribution in [3.63, 3.8) is 0 Å². The Hall–Kier alpha value is -3.27. The number of phenolic OH excluding ortho intramolecular Hbond substituents is 1. The second-order valence-electron chi connectivity index (χ2n) is 6.40. The van der Waals surface area contributed by atoms with Gasteiger partial charge in [-0.15, -0.1) is 0 Å². The Labute approximate surface area is 187 Å². The second kappa shape index (κ2) is 8.10. The van der Waals surface area contributed by atoms with E-state index in [4.69, 9.17) is 33.7 Å². The SMILES string of the molecule is Nc1ccc(S(=O)(=O)Nc2nc3ccc(Cl)cc3nc2Oc2ccc(Cl)c(O)c2)cc1. The van der Waals surface area contributed by atoms with Gasteiger partial charge >= 0.3 is 0 Å². The van der Waals surface area contributed by atoms with Gasteiger partial charge in [0.25, 0.3) is 15.9 Å². The van der Waals surface area contributed by atoms with Gasteiger partial charge in [-0.3, -0.25) is 4.72 Å². The summed E-state index contributed by atoms with van der Waals surface area (Å²) >= 11 is 11.9. The molecule has 0 saturated carbocycles. The van der Waals surface area contributed by atoms with Crippen LogP contribution in [-0.4, -0.2) is 23.5 Å². The van der Waals surface area contributed by atoms with E-state index < -0.39 is 10.0 Å². The Balaban J connectivity index is 1.80. The molecule has 0 radical (unpaired) electrons. The van der Waals surface area contributed by atoms with Crippen LogP contribution in [0.15, 0.2) is 65.6 Å². The number of fused-ring (bicyclic) bond motifs is 1. The first-order valence-electron chi connectivity index (χ1n) is 8.73. The maximum absolute atomic E-state index is 12.9. The van der Waals surface area contributed by atoms with E-state index in [1.165, 1.54) is 42.5 Å². The lowest BCUT2D eigenvalue weighted by atomic mass is 10.3. The Morgan fingerprint density at radius 3 is 2.39 bits per heavy atom. The lowest BCUT2D eigenvalue weighted by molar-refractivity contribution is 0.447. The first-order valence-corrected chi connectivity index (χ1v) is 11.0. The molecule has 8 nitrogen and oxygen atoms in total. The first-order chi connectivity index (χ1) is 14.7. The van der Waals surface area contributed by atoms with Crippen molar-refractivity contribution in [1.29, 1.82) is 0 Å². The molecule has 0 saturated heterocycles. The van der Waals surface area contributed by atoms with Crippen molar-refractivity contribution in [2.45, 2.75) is 4.90 Å². The number of halogens is 2. The molecule has 0 spiro atoms. The Morgan fingerprint density at radius 1 is 0.935 bits per heavy atom. The largest absolute Gasteiger partial charge is 0.506 e. The number of aromatic hydroxyl groups is 1. The van der Waals surface area contributed by atoms with Gasteiger partial charge in [-0.25, -0.2) is 18.4 Å². The summed E-state index contributed by atoms with van der Waals surface area (Å²) < 4.78 is 33.8. The van der Waals surface area contributed by atoms with Crippen molar-refractivity contribution in [3.8, 4) is 17.4 Å². The topological polar surface area (TPSA) is 127 Å². The number of anilines is 2. The van der Waals surface area contributed by atoms with Crippen molar-refractivity contribution in [3.05, 3.63) is 70.7 Å². The van der Waals surface area contributed by atoms with E-state index in [-0.39, 0.29) is 33.1 Å². The molecule has 31 heavy (non-hydrogen) atoms. The zero-order valence-electron chi connectivity index (χ0n) is 15.6. The predicted octanol–water partition coefficient (Wildman–Crippen LogP) is 4.82. The molecular formula is C20H14Cl2N4O4S. The Kier molecular flexibility index (Phi) is 5.48. The minimum Gasteiger partial charge on any atom is -0.506 e. The lowest BCUT2D eigenvalue weighted by Gasteiger charge is -2.13. The van der Waals surface area contributed by atoms with Crippen LogP contribution in [0.25, 0.3) is 11.0 Å². The van der Waals surface area contributed by atoms with Gasteiger partial charge in [0.1, 0.15) is 11.5 Å². The van der Waals surface area contributed by atoms with Gasteiger partial charge in [-0.2, -0.15) is 0 Å². The molecule has 1 aromatic heterocycles. The summed E-state index contributed by atoms with van der Waals surface area (Å²) in [5.74, 6) is -0.331. The predicted molar refractivity (Wildman–Crippen MR) is 119 cm³/mol. The van der Waals surface area contributed by atoms with E-state index in [0.29, 0.717) is 21.7 Å². The summed E-state index contributed by atoms with van der Waals surface area (Å²) in [6.45, 7) is 0. The number of sulfonamides is 1. The molecule has 11 heteroatoms. The smallest absolute Gasteiger partial charge is 0.264 e. The quantitative estimate of drug-likeness (QED) is 0.352. The van der Waals surface area contributed by atoms with Gasteiger partial charge in [0, 0.05) is 16.8 Å². The van der Waals surface area contributed by atoms with Crippen molar-refractivity contribution < 1.29 is 18.3 Å². The highest BCUT2D eigenvalue weighted by Crippen LogP contribution is 2.34. The van der Waals surface area contributed by atoms with Crippen molar-refractivity contribution in [2.75, 3.05) is 10.5 Å². The number of nitrogens with one attached hydrogen (secondary N) is 1. The summed E-state index contributed by atoms with van der Waals surface area (Å²) in [6.07, 6.45) is 0. The number of ether oxygens (including phenoxy) is 1. The third-order valence-corrected chi connectivity index (χ3v) is 6.06. The fraction of sp³-hybridized carbons (Fsp3) is 0. The third kappa shape index (κ3) is 4.58. The molecule has 1 heterocycles. The van der Waals surface area contributed by atoms with Crippen molar-refractivity contribution >= 4 is 55.8 Å². The van der Waals surface area contributed by atoms with E-state index >= 15 is 0 Å². The van der Waals surface area contributed by atoms with Crippen LogP contribution in [0.3, 0.4) is 0 Å². The van der Waals surface area contributed by atoms with E-state index in [1.54, 1.807) is 18.2 Å². The molecule has 3 aromatic carbocycles. The molecule has 0 unspecified atom stereocenters. The number of rotatable bonds is 5. The van der Waals surface area contributed by atoms with Gasteiger partial charge in [0.15, 0.2) is 0 Å². The van der Waals surface area contributed by atoms with Crippen LogP contribution < -0.4 is 15.2 Å². The van der Waals surface area contributed by atoms with Crippen molar-refractivity contribution in [2.24, 2.45) is 0 Å². The van der Waals surface area contributed by atoms with Crippen LogP contribution >= 0.6 is 23.2 Å². The van der Waals surface area contributed by atoms with Gasteiger partial charge in [0.2, 0.25) is 5.82 Å². The molecule has 0 aliphatic rings. The highest BCUT2D eigenvalue weighted by molar-refractivity contribution is 7.92. The van der Waals surface area contributed by atoms with Crippen LogP contribution in [-0.2, 0) is 10.0 Å². The lowest BCUT2D eigenvalue weighted by Crippen LogP contribution is -2.15. The summed E-state index contributed by atoms with van der Waals surface area (Å²) in [6, 6.07) is 14.6. The van der Waals surface area contributed by atoms with Crippen LogP contribution in [0.1, 0.15) is 0 Å². The number of nitrogens with two attached hydrogens (primary N) is 1. The third-order valence-electron chi connectivity index (χ3n) is 4.15. The van der Waals surface area contributed by atoms with Gasteiger partial charge < -0.3 is 15.6 Å². The zero-order valence-corrected chi connectivity index (χ0v) is 17.9. The van der Waals surface area contributed by atoms with Crippen molar-refractivity contribution in [1.82, 2.24) is 9.97 Å². The minimum absolute atomic E-state index is 0.0187. The standard InChI is InChI=1S/C20H14Cl2N4O4S/c21-11-1-8-16-17(9-11)25-20(30-13-4-7-15(22)18(27)10-13)19(24-16)26-31(28,29)14-5-2-12(23)3-6-14/h1-10,27H,23H2,(H,24,26). The molecule has 0 atom stereocenters. The minimum atomic E-state index is -4.02. The summed E-state index contributed by atoms with van der Waals surface area (Å²) in [7, 11) is -4.02. The number of nitrogens with zero attached hydrogens (tertiary/aromatic N) is 2. The highest BCUT2D eigenvalue weighted by Gasteiger charge is 2.20. The summed E-state index contributed by atoms with van der Waals surface area (Å²) in [5, 5.41) is 10.4. The van der Waals surface area contributed by atoms with E-state index in [2.05, 4.69) is 14.7 Å². The summed E-state index contributed by atoms with van der Waals surface area (Å²) in [4.78, 5) is 8.66. The number of aromatic nitrogens is 2. The van der Waals surface area contributed by atoms with E-state index in [0.717, 1.165) is 0 Å².